The number of nitriles is 1. The van der Waals surface area contributed by atoms with Gasteiger partial charge in [-0.05, 0) is 129 Å². The quantitative estimate of drug-likeness (QED) is 0.357. The van der Waals surface area contributed by atoms with Gasteiger partial charge >= 0.3 is 0 Å². The average Bonchev–Trinajstić information content (AvgIpc) is 3.20. The second-order valence-corrected chi connectivity index (χ2v) is 12.5. The van der Waals surface area contributed by atoms with Crippen LogP contribution in [0.1, 0.15) is 90.5 Å². The third-order valence-electron chi connectivity index (χ3n) is 10.9. The monoisotopic (exact) mass is 461 g/mol. The first-order valence-electron chi connectivity index (χ1n) is 13.9. The predicted molar refractivity (Wildman–Crippen MR) is 136 cm³/mol. The molecule has 0 amide bonds. The van der Waals surface area contributed by atoms with Crippen LogP contribution in [-0.2, 0) is 0 Å². The van der Waals surface area contributed by atoms with Crippen molar-refractivity contribution in [2.24, 2.45) is 40.4 Å². The molecule has 34 heavy (non-hydrogen) atoms. The van der Waals surface area contributed by atoms with Crippen molar-refractivity contribution >= 4 is 0 Å². The van der Waals surface area contributed by atoms with E-state index in [-0.39, 0.29) is 6.10 Å². The average molecular weight is 462 g/mol. The molecule has 3 saturated carbocycles. The molecule has 3 heteroatoms. The zero-order valence-corrected chi connectivity index (χ0v) is 21.4. The van der Waals surface area contributed by atoms with Crippen molar-refractivity contribution in [2.45, 2.75) is 91.1 Å². The maximum absolute atomic E-state index is 10.3. The van der Waals surface area contributed by atoms with Gasteiger partial charge in [0.05, 0.1) is 24.3 Å². The number of rotatable bonds is 6. The number of nitrogens with zero attached hydrogens (tertiary/aromatic N) is 1. The Morgan fingerprint density at radius 2 is 1.88 bits per heavy atom. The Morgan fingerprint density at radius 1 is 1.09 bits per heavy atom. The summed E-state index contributed by atoms with van der Waals surface area (Å²) in [4.78, 5) is 0. The number of ether oxygens (including phenoxy) is 1. The molecule has 0 heterocycles. The van der Waals surface area contributed by atoms with Gasteiger partial charge in [-0.2, -0.15) is 5.26 Å². The molecule has 1 aromatic carbocycles. The Kier molecular flexibility index (Phi) is 6.58. The van der Waals surface area contributed by atoms with E-state index in [0.717, 1.165) is 61.2 Å². The molecule has 1 aromatic rings. The molecule has 0 spiro atoms. The fourth-order valence-electron chi connectivity index (χ4n) is 9.04. The zero-order chi connectivity index (χ0) is 23.9. The highest BCUT2D eigenvalue weighted by Crippen LogP contribution is 2.67. The Bertz CT molecular complexity index is 945. The third kappa shape index (κ3) is 4.11. The summed E-state index contributed by atoms with van der Waals surface area (Å²) >= 11 is 0. The smallest absolute Gasteiger partial charge is 0.119 e. The number of aliphatic hydroxyl groups is 1. The number of hydrogen-bond donors (Lipinski definition) is 1. The van der Waals surface area contributed by atoms with Crippen molar-refractivity contribution in [3.63, 3.8) is 0 Å². The predicted octanol–water partition coefficient (Wildman–Crippen LogP) is 7.29. The van der Waals surface area contributed by atoms with Crippen LogP contribution in [0.15, 0.2) is 35.9 Å². The fourth-order valence-corrected chi connectivity index (χ4v) is 9.04. The van der Waals surface area contributed by atoms with Crippen molar-refractivity contribution in [3.05, 3.63) is 41.5 Å². The standard InChI is InChI=1S/C31H43NO2/c1-21(5-4-18-34-25-9-6-22(20-32)7-10-25)27-12-13-28-26-11-8-23-19-24(33)14-16-30(23,2)29(26)15-17-31(27,28)3/h6-10,21,24,26-29,33H,4-5,11-19H2,1-3H3/t21-,24+,26?,27-,28?,29?,30+,31-/m1/s1. The van der Waals surface area contributed by atoms with E-state index in [4.69, 9.17) is 10.00 Å². The first kappa shape index (κ1) is 23.9. The Balaban J connectivity index is 1.19. The van der Waals surface area contributed by atoms with Gasteiger partial charge in [0.1, 0.15) is 5.75 Å². The number of allylic oxidation sites excluding steroid dienone is 1. The summed E-state index contributed by atoms with van der Waals surface area (Å²) < 4.78 is 5.96. The minimum Gasteiger partial charge on any atom is -0.494 e. The lowest BCUT2D eigenvalue weighted by Crippen LogP contribution is -2.50. The molecule has 8 atom stereocenters. The lowest BCUT2D eigenvalue weighted by Gasteiger charge is -2.58. The lowest BCUT2D eigenvalue weighted by molar-refractivity contribution is -0.0573. The minimum atomic E-state index is -0.109. The molecule has 0 aliphatic heterocycles. The van der Waals surface area contributed by atoms with Crippen molar-refractivity contribution in [1.29, 1.82) is 5.26 Å². The second kappa shape index (κ2) is 9.34. The summed E-state index contributed by atoms with van der Waals surface area (Å²) in [5, 5.41) is 19.2. The van der Waals surface area contributed by atoms with Crippen molar-refractivity contribution in [1.82, 2.24) is 0 Å². The van der Waals surface area contributed by atoms with Crippen LogP contribution in [0.3, 0.4) is 0 Å². The maximum Gasteiger partial charge on any atom is 0.119 e. The van der Waals surface area contributed by atoms with Gasteiger partial charge in [-0.15, -0.1) is 0 Å². The molecule has 0 aromatic heterocycles. The third-order valence-corrected chi connectivity index (χ3v) is 10.9. The highest BCUT2D eigenvalue weighted by Gasteiger charge is 2.59. The van der Waals surface area contributed by atoms with Crippen molar-refractivity contribution in [2.75, 3.05) is 6.61 Å². The van der Waals surface area contributed by atoms with Gasteiger partial charge in [0.25, 0.3) is 0 Å². The SMILES string of the molecule is C[C@H](CCCOc1ccc(C#N)cc1)[C@H]1CCC2C3CC=C4C[C@@H](O)CC[C@]4(C)C3CC[C@@]21C. The molecule has 0 radical (unpaired) electrons. The summed E-state index contributed by atoms with van der Waals surface area (Å²) in [6, 6.07) is 9.62. The molecule has 1 N–H and O–H groups in total. The van der Waals surface area contributed by atoms with Gasteiger partial charge in [0, 0.05) is 0 Å². The van der Waals surface area contributed by atoms with Crippen molar-refractivity contribution in [3.8, 4) is 11.8 Å². The van der Waals surface area contributed by atoms with E-state index < -0.39 is 0 Å². The van der Waals surface area contributed by atoms with E-state index in [1.54, 1.807) is 5.57 Å². The second-order valence-electron chi connectivity index (χ2n) is 12.5. The largest absolute Gasteiger partial charge is 0.494 e. The molecule has 3 nitrogen and oxygen atoms in total. The van der Waals surface area contributed by atoms with Crippen LogP contribution in [0.25, 0.3) is 0 Å². The highest BCUT2D eigenvalue weighted by atomic mass is 16.5. The van der Waals surface area contributed by atoms with Gasteiger partial charge in [-0.1, -0.05) is 32.4 Å². The summed E-state index contributed by atoms with van der Waals surface area (Å²) in [6.45, 7) is 8.43. The van der Waals surface area contributed by atoms with Crippen LogP contribution in [0.2, 0.25) is 0 Å². The molecule has 3 fully saturated rings. The van der Waals surface area contributed by atoms with E-state index in [0.29, 0.717) is 16.4 Å². The van der Waals surface area contributed by atoms with E-state index in [1.807, 2.05) is 24.3 Å². The molecule has 0 bridgehead atoms. The number of benzene rings is 1. The van der Waals surface area contributed by atoms with Crippen LogP contribution in [0, 0.1) is 51.8 Å². The summed E-state index contributed by atoms with van der Waals surface area (Å²) in [7, 11) is 0. The topological polar surface area (TPSA) is 53.2 Å². The van der Waals surface area contributed by atoms with Gasteiger partial charge in [0.2, 0.25) is 0 Å². The summed E-state index contributed by atoms with van der Waals surface area (Å²) in [5.41, 5.74) is 3.10. The first-order chi connectivity index (χ1) is 16.3. The summed E-state index contributed by atoms with van der Waals surface area (Å²) in [5.74, 6) is 4.99. The van der Waals surface area contributed by atoms with Crippen LogP contribution < -0.4 is 4.74 Å². The van der Waals surface area contributed by atoms with Gasteiger partial charge < -0.3 is 9.84 Å². The molecular formula is C31H43NO2. The maximum atomic E-state index is 10.3. The lowest BCUT2D eigenvalue weighted by atomic mass is 9.47. The number of hydrogen-bond acceptors (Lipinski definition) is 3. The van der Waals surface area contributed by atoms with Gasteiger partial charge in [0.15, 0.2) is 0 Å². The Labute approximate surface area is 206 Å². The van der Waals surface area contributed by atoms with Crippen LogP contribution in [0.5, 0.6) is 5.75 Å². The molecule has 184 valence electrons. The molecule has 4 aliphatic carbocycles. The van der Waals surface area contributed by atoms with E-state index in [1.165, 1.54) is 44.9 Å². The van der Waals surface area contributed by atoms with E-state index in [9.17, 15) is 5.11 Å². The van der Waals surface area contributed by atoms with Crippen LogP contribution in [0.4, 0.5) is 0 Å². The molecule has 0 saturated heterocycles. The van der Waals surface area contributed by atoms with Gasteiger partial charge in [-0.25, -0.2) is 0 Å². The number of aliphatic hydroxyl groups excluding tert-OH is 1. The summed E-state index contributed by atoms with van der Waals surface area (Å²) in [6.07, 6.45) is 14.7. The van der Waals surface area contributed by atoms with Gasteiger partial charge in [-0.3, -0.25) is 0 Å². The van der Waals surface area contributed by atoms with Crippen LogP contribution >= 0.6 is 0 Å². The van der Waals surface area contributed by atoms with Crippen LogP contribution in [-0.4, -0.2) is 17.8 Å². The Hall–Kier alpha value is -1.79. The zero-order valence-electron chi connectivity index (χ0n) is 21.4. The molecule has 3 unspecified atom stereocenters. The van der Waals surface area contributed by atoms with Crippen molar-refractivity contribution < 1.29 is 9.84 Å². The van der Waals surface area contributed by atoms with E-state index >= 15 is 0 Å². The molecule has 4 aliphatic rings. The fraction of sp³-hybridized carbons (Fsp3) is 0.710. The minimum absolute atomic E-state index is 0.109. The highest BCUT2D eigenvalue weighted by molar-refractivity contribution is 5.34. The van der Waals surface area contributed by atoms with E-state index in [2.05, 4.69) is 32.9 Å². The number of fused-ring (bicyclic) bond motifs is 5. The molecular weight excluding hydrogens is 418 g/mol. The Morgan fingerprint density at radius 3 is 2.65 bits per heavy atom. The first-order valence-corrected chi connectivity index (χ1v) is 13.9. The molecule has 5 rings (SSSR count). The normalized spacial score (nSPS) is 39.7.